The van der Waals surface area contributed by atoms with Gasteiger partial charge in [-0.15, -0.1) is 0 Å². The molecule has 11 heteroatoms. The number of hydrogen-bond acceptors (Lipinski definition) is 10. The Balaban J connectivity index is 1.25. The largest absolute Gasteiger partial charge is 0.488 e. The van der Waals surface area contributed by atoms with Gasteiger partial charge in [0.05, 0.1) is 31.0 Å². The lowest BCUT2D eigenvalue weighted by atomic mass is 9.86. The Hall–Kier alpha value is -4.80. The number of nitrogens with zero attached hydrogens (tertiary/aromatic N) is 6. The molecule has 1 saturated heterocycles. The average molecular weight is 570 g/mol. The molecular formula is C31H35N7O4. The number of hydrogen-bond donors (Lipinski definition) is 2. The van der Waals surface area contributed by atoms with Gasteiger partial charge in [0.25, 0.3) is 5.88 Å². The van der Waals surface area contributed by atoms with E-state index in [9.17, 15) is 9.90 Å². The van der Waals surface area contributed by atoms with Gasteiger partial charge in [-0.25, -0.2) is 19.9 Å². The zero-order chi connectivity index (χ0) is 29.5. The number of anilines is 3. The Morgan fingerprint density at radius 2 is 1.90 bits per heavy atom. The number of ether oxygens (including phenoxy) is 2. The van der Waals surface area contributed by atoms with Crippen LogP contribution in [0, 0.1) is 5.41 Å². The molecule has 11 nitrogen and oxygen atoms in total. The third-order valence-electron chi connectivity index (χ3n) is 6.99. The monoisotopic (exact) mass is 569 g/mol. The van der Waals surface area contributed by atoms with Gasteiger partial charge >= 0.3 is 5.97 Å². The molecule has 3 aromatic heterocycles. The molecule has 1 atom stereocenters. The SMILES string of the molecule is CCOc1cccnc1OC1CCCN(c2cncc(Nc3ccnc(-c4ccc(CC(C)(C)C(=O)O)cc4)n3)n2)C1. The second kappa shape index (κ2) is 12.8. The number of pyridine rings is 1. The Kier molecular flexibility index (Phi) is 8.75. The molecule has 1 unspecified atom stereocenters. The van der Waals surface area contributed by atoms with E-state index in [2.05, 4.69) is 30.2 Å². The van der Waals surface area contributed by atoms with E-state index in [1.54, 1.807) is 44.7 Å². The third kappa shape index (κ3) is 7.09. The van der Waals surface area contributed by atoms with Gasteiger partial charge in [-0.2, -0.15) is 0 Å². The predicted octanol–water partition coefficient (Wildman–Crippen LogP) is 5.17. The molecular weight excluding hydrogens is 534 g/mol. The second-order valence-corrected chi connectivity index (χ2v) is 10.8. The van der Waals surface area contributed by atoms with Gasteiger partial charge in [-0.05, 0) is 63.8 Å². The van der Waals surface area contributed by atoms with Crippen LogP contribution < -0.4 is 19.7 Å². The molecule has 1 aliphatic rings. The van der Waals surface area contributed by atoms with Crippen molar-refractivity contribution in [3.63, 3.8) is 0 Å². The molecule has 0 radical (unpaired) electrons. The molecule has 1 aliphatic heterocycles. The van der Waals surface area contributed by atoms with Crippen LogP contribution >= 0.6 is 0 Å². The first-order chi connectivity index (χ1) is 20.3. The van der Waals surface area contributed by atoms with E-state index < -0.39 is 11.4 Å². The van der Waals surface area contributed by atoms with Crippen molar-refractivity contribution in [2.24, 2.45) is 5.41 Å². The van der Waals surface area contributed by atoms with Gasteiger partial charge in [0, 0.05) is 24.5 Å². The summed E-state index contributed by atoms with van der Waals surface area (Å²) in [6.07, 6.45) is 9.02. The molecule has 0 aliphatic carbocycles. The molecule has 0 saturated carbocycles. The summed E-state index contributed by atoms with van der Waals surface area (Å²) in [5, 5.41) is 12.7. The van der Waals surface area contributed by atoms with Crippen LogP contribution in [0.1, 0.15) is 39.2 Å². The maximum Gasteiger partial charge on any atom is 0.309 e. The number of carboxylic acid groups (broad SMARTS) is 1. The molecule has 0 amide bonds. The first-order valence-electron chi connectivity index (χ1n) is 14.0. The average Bonchev–Trinajstić information content (AvgIpc) is 2.99. The lowest BCUT2D eigenvalue weighted by molar-refractivity contribution is -0.146. The number of carbonyl (C=O) groups is 1. The molecule has 218 valence electrons. The summed E-state index contributed by atoms with van der Waals surface area (Å²) in [4.78, 5) is 36.3. The molecule has 42 heavy (non-hydrogen) atoms. The maximum absolute atomic E-state index is 11.5. The summed E-state index contributed by atoms with van der Waals surface area (Å²) < 4.78 is 11.9. The highest BCUT2D eigenvalue weighted by Crippen LogP contribution is 2.28. The Labute approximate surface area is 245 Å². The minimum absolute atomic E-state index is 0.0581. The van der Waals surface area contributed by atoms with Crippen LogP contribution in [0.25, 0.3) is 11.4 Å². The van der Waals surface area contributed by atoms with E-state index in [4.69, 9.17) is 14.5 Å². The molecule has 0 spiro atoms. The first kappa shape index (κ1) is 28.7. The van der Waals surface area contributed by atoms with Gasteiger partial charge in [0.15, 0.2) is 17.4 Å². The Morgan fingerprint density at radius 3 is 2.69 bits per heavy atom. The normalized spacial score (nSPS) is 15.2. The molecule has 1 fully saturated rings. The molecule has 0 bridgehead atoms. The van der Waals surface area contributed by atoms with Crippen molar-refractivity contribution >= 4 is 23.4 Å². The summed E-state index contributed by atoms with van der Waals surface area (Å²) in [6.45, 7) is 7.41. The topological polar surface area (TPSA) is 135 Å². The summed E-state index contributed by atoms with van der Waals surface area (Å²) in [5.41, 5.74) is 0.925. The minimum atomic E-state index is -0.841. The van der Waals surface area contributed by atoms with Gasteiger partial charge in [-0.3, -0.25) is 9.78 Å². The lowest BCUT2D eigenvalue weighted by Gasteiger charge is -2.33. The molecule has 4 aromatic rings. The fraction of sp³-hybridized carbons (Fsp3) is 0.355. The van der Waals surface area contributed by atoms with Crippen LogP contribution in [0.2, 0.25) is 0 Å². The van der Waals surface area contributed by atoms with Crippen molar-refractivity contribution < 1.29 is 19.4 Å². The van der Waals surface area contributed by atoms with Crippen LogP contribution in [0.4, 0.5) is 17.5 Å². The van der Waals surface area contributed by atoms with Gasteiger partial charge in [-0.1, -0.05) is 24.3 Å². The molecule has 1 aromatic carbocycles. The third-order valence-corrected chi connectivity index (χ3v) is 6.99. The highest BCUT2D eigenvalue weighted by molar-refractivity contribution is 5.74. The number of benzene rings is 1. The summed E-state index contributed by atoms with van der Waals surface area (Å²) in [7, 11) is 0. The summed E-state index contributed by atoms with van der Waals surface area (Å²) >= 11 is 0. The van der Waals surface area contributed by atoms with Crippen molar-refractivity contribution in [2.75, 3.05) is 29.9 Å². The van der Waals surface area contributed by atoms with Crippen molar-refractivity contribution in [3.05, 3.63) is 72.8 Å². The standard InChI is InChI=1S/C31H35N7O4/c1-4-41-24-8-5-14-34-29(24)42-23-7-6-16-38(20-23)27-19-32-18-26(36-27)35-25-13-15-33-28(37-25)22-11-9-21(10-12-22)17-31(2,3)30(39)40/h5,8-15,18-19,23H,4,6-7,16-17,20H2,1-3H3,(H,39,40)(H,33,35,36,37). The smallest absolute Gasteiger partial charge is 0.309 e. The quantitative estimate of drug-likeness (QED) is 0.247. The van der Waals surface area contributed by atoms with Crippen molar-refractivity contribution in [1.29, 1.82) is 0 Å². The van der Waals surface area contributed by atoms with Crippen LogP contribution in [-0.2, 0) is 11.2 Å². The van der Waals surface area contributed by atoms with E-state index in [1.165, 1.54) is 0 Å². The van der Waals surface area contributed by atoms with Crippen LogP contribution in [-0.4, -0.2) is 61.8 Å². The van der Waals surface area contributed by atoms with E-state index in [1.807, 2.05) is 43.3 Å². The van der Waals surface area contributed by atoms with Crippen LogP contribution in [0.5, 0.6) is 11.6 Å². The number of aliphatic carboxylic acids is 1. The molecule has 4 heterocycles. The van der Waals surface area contributed by atoms with Crippen LogP contribution in [0.3, 0.4) is 0 Å². The minimum Gasteiger partial charge on any atom is -0.488 e. The van der Waals surface area contributed by atoms with Crippen molar-refractivity contribution in [3.8, 4) is 23.0 Å². The summed E-state index contributed by atoms with van der Waals surface area (Å²) in [6, 6.07) is 13.1. The Morgan fingerprint density at radius 1 is 1.07 bits per heavy atom. The highest BCUT2D eigenvalue weighted by Gasteiger charge is 2.27. The number of rotatable bonds is 11. The van der Waals surface area contributed by atoms with Crippen LogP contribution in [0.15, 0.2) is 67.3 Å². The lowest BCUT2D eigenvalue weighted by Crippen LogP contribution is -2.41. The van der Waals surface area contributed by atoms with E-state index in [-0.39, 0.29) is 6.10 Å². The zero-order valence-corrected chi connectivity index (χ0v) is 24.0. The van der Waals surface area contributed by atoms with E-state index in [0.29, 0.717) is 48.7 Å². The highest BCUT2D eigenvalue weighted by atomic mass is 16.5. The van der Waals surface area contributed by atoms with Crippen molar-refractivity contribution in [2.45, 2.75) is 46.1 Å². The fourth-order valence-electron chi connectivity index (χ4n) is 4.75. The van der Waals surface area contributed by atoms with E-state index >= 15 is 0 Å². The number of piperidine rings is 1. The number of carboxylic acids is 1. The van der Waals surface area contributed by atoms with Gasteiger partial charge in [0.2, 0.25) is 0 Å². The van der Waals surface area contributed by atoms with Gasteiger partial charge < -0.3 is 24.8 Å². The zero-order valence-electron chi connectivity index (χ0n) is 24.0. The first-order valence-corrected chi connectivity index (χ1v) is 14.0. The van der Waals surface area contributed by atoms with Gasteiger partial charge in [0.1, 0.15) is 17.7 Å². The molecule has 5 rings (SSSR count). The second-order valence-electron chi connectivity index (χ2n) is 10.8. The van der Waals surface area contributed by atoms with Crippen molar-refractivity contribution in [1.82, 2.24) is 24.9 Å². The maximum atomic E-state index is 11.5. The predicted molar refractivity (Wildman–Crippen MR) is 159 cm³/mol. The number of aromatic nitrogens is 5. The van der Waals surface area contributed by atoms with E-state index in [0.717, 1.165) is 36.3 Å². The summed E-state index contributed by atoms with van der Waals surface area (Å²) in [5.74, 6) is 2.76. The fourth-order valence-corrected chi connectivity index (χ4v) is 4.75. The molecule has 2 N–H and O–H groups in total. The number of nitrogens with one attached hydrogen (secondary N) is 1. The Bertz CT molecular complexity index is 1510.